The Kier molecular flexibility index (Phi) is 21.3. The van der Waals surface area contributed by atoms with Gasteiger partial charge in [-0.25, -0.2) is 9.59 Å². The summed E-state index contributed by atoms with van der Waals surface area (Å²) in [6.07, 6.45) is 10.3. The van der Waals surface area contributed by atoms with Crippen molar-refractivity contribution in [2.75, 3.05) is 14.2 Å². The van der Waals surface area contributed by atoms with E-state index in [9.17, 15) is 9.59 Å². The highest BCUT2D eigenvalue weighted by molar-refractivity contribution is 8.92. The smallest absolute Gasteiger partial charge is 0.465 e. The summed E-state index contributed by atoms with van der Waals surface area (Å²) in [5.74, 6) is 4.28. The van der Waals surface area contributed by atoms with Crippen LogP contribution in [0.5, 0.6) is 0 Å². The van der Waals surface area contributed by atoms with Gasteiger partial charge in [-0.3, -0.25) is 0 Å². The zero-order chi connectivity index (χ0) is 49.9. The molecule has 2 fully saturated rings. The first-order chi connectivity index (χ1) is 30.6. The van der Waals surface area contributed by atoms with Crippen LogP contribution in [-0.2, 0) is 28.1 Å². The van der Waals surface area contributed by atoms with Crippen molar-refractivity contribution in [3.05, 3.63) is 143 Å². The average Bonchev–Trinajstić information content (AvgIpc) is 3.64. The molecule has 2 saturated heterocycles. The van der Waals surface area contributed by atoms with E-state index in [4.69, 9.17) is 36.2 Å². The summed E-state index contributed by atoms with van der Waals surface area (Å²) in [7, 11) is 12.9. The summed E-state index contributed by atoms with van der Waals surface area (Å²) in [5, 5.41) is 0. The number of ether oxygens (including phenoxy) is 2. The molecule has 16 heteroatoms. The minimum Gasteiger partial charge on any atom is -0.465 e. The fourth-order valence-electron chi connectivity index (χ4n) is 6.20. The first-order valence-corrected chi connectivity index (χ1v) is 30.7. The van der Waals surface area contributed by atoms with Gasteiger partial charge in [0.05, 0.1) is 47.8 Å². The molecule has 0 saturated carbocycles. The van der Waals surface area contributed by atoms with Crippen LogP contribution in [-0.4, -0.2) is 62.8 Å². The molecule has 348 valence electrons. The van der Waals surface area contributed by atoms with Gasteiger partial charge in [-0.2, -0.15) is 0 Å². The summed E-state index contributed by atoms with van der Waals surface area (Å²) in [4.78, 5) is 23.7. The van der Waals surface area contributed by atoms with Gasteiger partial charge in [0.1, 0.15) is 0 Å². The van der Waals surface area contributed by atoms with E-state index in [1.54, 1.807) is 12.1 Å². The van der Waals surface area contributed by atoms with Gasteiger partial charge in [-0.15, -0.1) is 48.6 Å². The van der Waals surface area contributed by atoms with Gasteiger partial charge >= 0.3 is 26.2 Å². The van der Waals surface area contributed by atoms with Crippen LogP contribution >= 0.6 is 49.7 Å². The van der Waals surface area contributed by atoms with Crippen molar-refractivity contribution in [1.82, 2.24) is 0 Å². The topological polar surface area (TPSA) is 89.5 Å². The Hall–Kier alpha value is -3.03. The predicted octanol–water partition coefficient (Wildman–Crippen LogP) is 11.6. The third-order valence-electron chi connectivity index (χ3n) is 11.7. The molecule has 2 aliphatic heterocycles. The van der Waals surface area contributed by atoms with E-state index in [-0.39, 0.29) is 31.1 Å². The number of terminal acetylenes is 2. The second-order valence-electron chi connectivity index (χ2n) is 17.5. The van der Waals surface area contributed by atoms with E-state index in [1.165, 1.54) is 14.2 Å². The van der Waals surface area contributed by atoms with Crippen LogP contribution in [0.15, 0.2) is 98.1 Å². The number of aryl methyl sites for hydroxylation is 1. The van der Waals surface area contributed by atoms with Gasteiger partial charge in [-0.05, 0) is 170 Å². The van der Waals surface area contributed by atoms with Crippen molar-refractivity contribution >= 4 is 97.9 Å². The standard InChI is InChI=1S/C26H31BO4.C14H19BO4.C10H6.H8P6/c1-16(2)19-10-12-20(13-11-19)18(4)22-15-21(24(28)29-9)14-17(3)23(22)27-30-25(5,6)26(7,8)31-27;1-13(2)14(3,4)19-15(18-13)11-8-6-10(7-9-11)12(16)17-5;1-3-9-5-7-10(4-2)8-6-9;1-5(2)6(3)4/h10-15H,1,4H2,2-3,5-9H3;6-9H,1-5H3;1-2,5-8H;1-4H2. The molecule has 0 aliphatic carbocycles. The van der Waals surface area contributed by atoms with Crippen LogP contribution in [0.3, 0.4) is 0 Å². The van der Waals surface area contributed by atoms with E-state index < -0.39 is 31.4 Å². The Bertz CT molecular complexity index is 2370. The van der Waals surface area contributed by atoms with Crippen molar-refractivity contribution in [1.29, 1.82) is 0 Å². The minimum absolute atomic E-state index is 0.165. The number of benzene rings is 4. The van der Waals surface area contributed by atoms with Crippen LogP contribution < -0.4 is 10.9 Å². The average molecular weight is 1000 g/mol. The van der Waals surface area contributed by atoms with E-state index >= 15 is 0 Å². The normalized spacial score (nSPS) is 15.9. The van der Waals surface area contributed by atoms with Crippen molar-refractivity contribution in [2.45, 2.75) is 91.6 Å². The van der Waals surface area contributed by atoms with E-state index in [0.29, 0.717) is 11.1 Å². The second-order valence-corrected chi connectivity index (χ2v) is 37.3. The van der Waals surface area contributed by atoms with E-state index in [0.717, 1.165) is 55.5 Å². The van der Waals surface area contributed by atoms with Crippen molar-refractivity contribution in [2.24, 2.45) is 0 Å². The largest absolute Gasteiger partial charge is 0.495 e. The van der Waals surface area contributed by atoms with Crippen LogP contribution in [0.4, 0.5) is 0 Å². The summed E-state index contributed by atoms with van der Waals surface area (Å²) < 4.78 is 34.2. The number of methoxy groups -OCH3 is 2. The summed E-state index contributed by atoms with van der Waals surface area (Å²) in [6, 6.07) is 26.1. The van der Waals surface area contributed by atoms with Crippen molar-refractivity contribution < 1.29 is 37.7 Å². The van der Waals surface area contributed by atoms with Crippen LogP contribution in [0.1, 0.15) is 116 Å². The highest BCUT2D eigenvalue weighted by atomic mass is 33.0. The molecule has 66 heavy (non-hydrogen) atoms. The van der Waals surface area contributed by atoms with Gasteiger partial charge in [0.25, 0.3) is 0 Å². The maximum atomic E-state index is 12.3. The Labute approximate surface area is 406 Å². The molecule has 0 N–H and O–H groups in total. The maximum Gasteiger partial charge on any atom is 0.495 e. The predicted molar refractivity (Wildman–Crippen MR) is 296 cm³/mol. The van der Waals surface area contributed by atoms with Gasteiger partial charge in [0.15, 0.2) is 0 Å². The molecule has 4 atom stereocenters. The number of allylic oxidation sites excluding steroid dienone is 1. The number of carbonyl (C=O) groups is 2. The number of carbonyl (C=O) groups excluding carboxylic acids is 2. The molecular weight excluding hydrogens is 936 g/mol. The van der Waals surface area contributed by atoms with Gasteiger partial charge in [0.2, 0.25) is 0 Å². The van der Waals surface area contributed by atoms with Gasteiger partial charge in [-0.1, -0.05) is 67.0 Å². The molecule has 2 heterocycles. The third kappa shape index (κ3) is 15.0. The monoisotopic (exact) mass is 1000 g/mol. The number of rotatable bonds is 8. The number of hydrogen-bond donors (Lipinski definition) is 0. The highest BCUT2D eigenvalue weighted by Gasteiger charge is 2.53. The molecule has 0 spiro atoms. The van der Waals surface area contributed by atoms with E-state index in [1.807, 2.05) is 142 Å². The highest BCUT2D eigenvalue weighted by Crippen LogP contribution is 2.86. The zero-order valence-electron chi connectivity index (χ0n) is 40.3. The Balaban J connectivity index is 0.000000277. The van der Waals surface area contributed by atoms with Crippen LogP contribution in [0.2, 0.25) is 0 Å². The Morgan fingerprint density at radius 3 is 1.32 bits per heavy atom. The Morgan fingerprint density at radius 1 is 0.591 bits per heavy atom. The molecular formula is C50H64B2O8P6. The minimum atomic E-state index is -0.571. The quantitative estimate of drug-likeness (QED) is 0.0746. The third-order valence-corrected chi connectivity index (χ3v) is 33.0. The van der Waals surface area contributed by atoms with Crippen LogP contribution in [0, 0.1) is 31.6 Å². The fourth-order valence-corrected chi connectivity index (χ4v) is 6.20. The molecule has 0 amide bonds. The fraction of sp³-hybridized carbons (Fsp3) is 0.320. The first kappa shape index (κ1) is 57.3. The SMILES string of the molecule is C#Cc1ccc(C#C)cc1.C=C(C)c1ccc(C(=C)c2cc(C(=O)OC)cc(C)c2B2OC(C)(C)C(C)(C)O2)cc1.COC(=O)c1ccc(B2OC(C)(C)C(C)(C)O2)cc1.PP(P)P(P)P. The summed E-state index contributed by atoms with van der Waals surface area (Å²) in [5.41, 5.74) is 8.29. The van der Waals surface area contributed by atoms with Gasteiger partial charge in [0, 0.05) is 11.1 Å². The van der Waals surface area contributed by atoms with E-state index in [2.05, 4.69) is 65.4 Å². The lowest BCUT2D eigenvalue weighted by molar-refractivity contribution is 0.00578. The number of hydrogen-bond acceptors (Lipinski definition) is 8. The molecule has 4 unspecified atom stereocenters. The van der Waals surface area contributed by atoms with Crippen molar-refractivity contribution in [3.63, 3.8) is 0 Å². The lowest BCUT2D eigenvalue weighted by atomic mass is 9.70. The van der Waals surface area contributed by atoms with Crippen LogP contribution in [0.25, 0.3) is 11.1 Å². The molecule has 0 radical (unpaired) electrons. The first-order valence-electron chi connectivity index (χ1n) is 20.9. The lowest BCUT2D eigenvalue weighted by Gasteiger charge is -2.32. The summed E-state index contributed by atoms with van der Waals surface area (Å²) in [6.45, 7) is 28.7. The lowest BCUT2D eigenvalue weighted by Crippen LogP contribution is -2.41. The molecule has 2 aliphatic rings. The maximum absolute atomic E-state index is 12.3. The molecule has 8 nitrogen and oxygen atoms in total. The molecule has 4 aromatic carbocycles. The molecule has 0 aromatic heterocycles. The molecule has 6 rings (SSSR count). The zero-order valence-corrected chi connectivity index (χ0v) is 46.7. The number of esters is 2. The molecule has 0 bridgehead atoms. The van der Waals surface area contributed by atoms with Crippen molar-refractivity contribution in [3.8, 4) is 24.7 Å². The molecule has 4 aromatic rings. The Morgan fingerprint density at radius 2 is 0.955 bits per heavy atom. The second kappa shape index (κ2) is 24.5. The summed E-state index contributed by atoms with van der Waals surface area (Å²) >= 11 is 0. The van der Waals surface area contributed by atoms with Gasteiger partial charge < -0.3 is 28.1 Å².